The van der Waals surface area contributed by atoms with Crippen molar-refractivity contribution in [3.8, 4) is 0 Å². The van der Waals surface area contributed by atoms with Crippen molar-refractivity contribution in [3.63, 3.8) is 0 Å². The van der Waals surface area contributed by atoms with E-state index in [9.17, 15) is 18.4 Å². The van der Waals surface area contributed by atoms with Crippen LogP contribution in [0.3, 0.4) is 0 Å². The third-order valence-electron chi connectivity index (χ3n) is 3.26. The van der Waals surface area contributed by atoms with Gasteiger partial charge in [0.05, 0.1) is 11.8 Å². The van der Waals surface area contributed by atoms with Crippen LogP contribution in [0.5, 0.6) is 0 Å². The highest BCUT2D eigenvalue weighted by Gasteiger charge is 2.24. The van der Waals surface area contributed by atoms with Crippen LogP contribution in [0.1, 0.15) is 30.6 Å². The highest BCUT2D eigenvalue weighted by Crippen LogP contribution is 2.12. The van der Waals surface area contributed by atoms with Crippen molar-refractivity contribution in [2.45, 2.75) is 26.3 Å². The number of benzene rings is 1. The SMILES string of the molecule is CC(C)C[C@@H](NC(=O)c1cc(F)ccc1F)C(=O)Nc1ccn[nH]1. The van der Waals surface area contributed by atoms with Crippen molar-refractivity contribution in [2.24, 2.45) is 5.92 Å². The molecule has 8 heteroatoms. The number of rotatable bonds is 6. The summed E-state index contributed by atoms with van der Waals surface area (Å²) in [6, 6.07) is 3.24. The Bertz CT molecular complexity index is 717. The molecule has 0 aliphatic carbocycles. The zero-order valence-corrected chi connectivity index (χ0v) is 13.3. The Labute approximate surface area is 137 Å². The fourth-order valence-electron chi connectivity index (χ4n) is 2.16. The number of carbonyl (C=O) groups is 2. The number of aromatic nitrogens is 2. The first-order chi connectivity index (χ1) is 11.4. The number of carbonyl (C=O) groups excluding carboxylic acids is 2. The van der Waals surface area contributed by atoms with Gasteiger partial charge in [0, 0.05) is 6.07 Å². The summed E-state index contributed by atoms with van der Waals surface area (Å²) in [6.07, 6.45) is 1.80. The molecule has 0 unspecified atom stereocenters. The van der Waals surface area contributed by atoms with Gasteiger partial charge in [0.1, 0.15) is 23.5 Å². The maximum absolute atomic E-state index is 13.7. The van der Waals surface area contributed by atoms with E-state index in [1.54, 1.807) is 6.07 Å². The molecular weight excluding hydrogens is 318 g/mol. The molecule has 1 aromatic heterocycles. The van der Waals surface area contributed by atoms with Crippen molar-refractivity contribution in [1.82, 2.24) is 15.5 Å². The average molecular weight is 336 g/mol. The molecule has 0 aliphatic heterocycles. The number of nitrogens with one attached hydrogen (secondary N) is 3. The van der Waals surface area contributed by atoms with Gasteiger partial charge in [-0.05, 0) is 30.5 Å². The number of aromatic amines is 1. The summed E-state index contributed by atoms with van der Waals surface area (Å²) in [7, 11) is 0. The molecule has 128 valence electrons. The van der Waals surface area contributed by atoms with Gasteiger partial charge in [-0.25, -0.2) is 8.78 Å². The minimum atomic E-state index is -0.900. The van der Waals surface area contributed by atoms with E-state index in [1.807, 2.05) is 13.8 Å². The van der Waals surface area contributed by atoms with Gasteiger partial charge >= 0.3 is 0 Å². The summed E-state index contributed by atoms with van der Waals surface area (Å²) in [5, 5.41) is 11.3. The van der Waals surface area contributed by atoms with Crippen molar-refractivity contribution >= 4 is 17.6 Å². The van der Waals surface area contributed by atoms with Crippen LogP contribution < -0.4 is 10.6 Å². The van der Waals surface area contributed by atoms with E-state index in [0.717, 1.165) is 18.2 Å². The largest absolute Gasteiger partial charge is 0.340 e. The van der Waals surface area contributed by atoms with Crippen LogP contribution in [0.2, 0.25) is 0 Å². The molecule has 3 N–H and O–H groups in total. The third-order valence-corrected chi connectivity index (χ3v) is 3.26. The molecule has 0 bridgehead atoms. The molecule has 0 radical (unpaired) electrons. The topological polar surface area (TPSA) is 86.9 Å². The van der Waals surface area contributed by atoms with E-state index in [-0.39, 0.29) is 5.92 Å². The van der Waals surface area contributed by atoms with Crippen molar-refractivity contribution in [3.05, 3.63) is 47.7 Å². The first-order valence-electron chi connectivity index (χ1n) is 7.43. The Morgan fingerprint density at radius 1 is 1.25 bits per heavy atom. The number of nitrogens with zero attached hydrogens (tertiary/aromatic N) is 1. The Hall–Kier alpha value is -2.77. The smallest absolute Gasteiger partial charge is 0.255 e. The van der Waals surface area contributed by atoms with Gasteiger partial charge in [0.25, 0.3) is 5.91 Å². The van der Waals surface area contributed by atoms with Gasteiger partial charge < -0.3 is 10.6 Å². The number of amides is 2. The molecule has 1 atom stereocenters. The maximum Gasteiger partial charge on any atom is 0.255 e. The van der Waals surface area contributed by atoms with Crippen molar-refractivity contribution in [1.29, 1.82) is 0 Å². The van der Waals surface area contributed by atoms with Crippen LogP contribution >= 0.6 is 0 Å². The zero-order chi connectivity index (χ0) is 17.7. The van der Waals surface area contributed by atoms with E-state index in [2.05, 4.69) is 20.8 Å². The quantitative estimate of drug-likeness (QED) is 0.757. The summed E-state index contributed by atoms with van der Waals surface area (Å²) >= 11 is 0. The number of hydrogen-bond donors (Lipinski definition) is 3. The summed E-state index contributed by atoms with van der Waals surface area (Å²) in [5.74, 6) is -2.44. The number of anilines is 1. The van der Waals surface area contributed by atoms with Crippen LogP contribution in [0.4, 0.5) is 14.6 Å². The normalized spacial score (nSPS) is 12.0. The van der Waals surface area contributed by atoms with Crippen LogP contribution in [-0.4, -0.2) is 28.1 Å². The minimum Gasteiger partial charge on any atom is -0.340 e. The lowest BCUT2D eigenvalue weighted by Gasteiger charge is -2.20. The van der Waals surface area contributed by atoms with Gasteiger partial charge in [-0.2, -0.15) is 5.10 Å². The van der Waals surface area contributed by atoms with Crippen LogP contribution in [0.15, 0.2) is 30.5 Å². The Kier molecular flexibility index (Phi) is 5.62. The molecule has 2 amide bonds. The lowest BCUT2D eigenvalue weighted by molar-refractivity contribution is -0.118. The Morgan fingerprint density at radius 3 is 2.62 bits per heavy atom. The van der Waals surface area contributed by atoms with E-state index in [1.165, 1.54) is 6.20 Å². The van der Waals surface area contributed by atoms with Crippen LogP contribution in [-0.2, 0) is 4.79 Å². The van der Waals surface area contributed by atoms with Gasteiger partial charge in [-0.3, -0.25) is 14.7 Å². The molecule has 0 saturated carbocycles. The molecule has 0 aliphatic rings. The van der Waals surface area contributed by atoms with E-state index in [4.69, 9.17) is 0 Å². The fourth-order valence-corrected chi connectivity index (χ4v) is 2.16. The molecule has 1 aromatic carbocycles. The van der Waals surface area contributed by atoms with Crippen molar-refractivity contribution in [2.75, 3.05) is 5.32 Å². The van der Waals surface area contributed by atoms with Gasteiger partial charge in [-0.1, -0.05) is 13.8 Å². The standard InChI is InChI=1S/C16H18F2N4O2/c1-9(2)7-13(16(24)21-14-5-6-19-22-14)20-15(23)11-8-10(17)3-4-12(11)18/h3-6,8-9,13H,7H2,1-2H3,(H,20,23)(H2,19,21,22,24)/t13-/m1/s1. The molecule has 0 spiro atoms. The molecule has 2 aromatic rings. The van der Waals surface area contributed by atoms with Gasteiger partial charge in [0.2, 0.25) is 5.91 Å². The summed E-state index contributed by atoms with van der Waals surface area (Å²) in [5.41, 5.74) is -0.446. The first kappa shape index (κ1) is 17.6. The zero-order valence-electron chi connectivity index (χ0n) is 13.3. The molecule has 0 fully saturated rings. The molecule has 6 nitrogen and oxygen atoms in total. The second-order valence-electron chi connectivity index (χ2n) is 5.74. The minimum absolute atomic E-state index is 0.0974. The number of H-pyrrole nitrogens is 1. The maximum atomic E-state index is 13.7. The number of halogens is 2. The first-order valence-corrected chi connectivity index (χ1v) is 7.43. The highest BCUT2D eigenvalue weighted by molar-refractivity contribution is 6.00. The molecule has 0 saturated heterocycles. The highest BCUT2D eigenvalue weighted by atomic mass is 19.1. The monoisotopic (exact) mass is 336 g/mol. The molecule has 1 heterocycles. The predicted octanol–water partition coefficient (Wildman–Crippen LogP) is 2.47. The molecule has 24 heavy (non-hydrogen) atoms. The third kappa shape index (κ3) is 4.61. The van der Waals surface area contributed by atoms with E-state index >= 15 is 0 Å². The number of hydrogen-bond acceptors (Lipinski definition) is 3. The second kappa shape index (κ2) is 7.67. The summed E-state index contributed by atoms with van der Waals surface area (Å²) < 4.78 is 26.9. The van der Waals surface area contributed by atoms with E-state index < -0.39 is 35.1 Å². The molecular formula is C16H18F2N4O2. The van der Waals surface area contributed by atoms with Crippen LogP contribution in [0, 0.1) is 17.6 Å². The average Bonchev–Trinajstić information content (AvgIpc) is 3.01. The van der Waals surface area contributed by atoms with E-state index in [0.29, 0.717) is 12.2 Å². The summed E-state index contributed by atoms with van der Waals surface area (Å²) in [4.78, 5) is 24.5. The summed E-state index contributed by atoms with van der Waals surface area (Å²) in [6.45, 7) is 3.76. The van der Waals surface area contributed by atoms with Gasteiger partial charge in [-0.15, -0.1) is 0 Å². The van der Waals surface area contributed by atoms with Gasteiger partial charge in [0.15, 0.2) is 0 Å². The fraction of sp³-hybridized carbons (Fsp3) is 0.312. The Balaban J connectivity index is 2.14. The second-order valence-corrected chi connectivity index (χ2v) is 5.74. The van der Waals surface area contributed by atoms with Crippen LogP contribution in [0.25, 0.3) is 0 Å². The lowest BCUT2D eigenvalue weighted by Crippen LogP contribution is -2.44. The molecule has 2 rings (SSSR count). The lowest BCUT2D eigenvalue weighted by atomic mass is 10.0. The predicted molar refractivity (Wildman–Crippen MR) is 84.3 cm³/mol. The van der Waals surface area contributed by atoms with Crippen molar-refractivity contribution < 1.29 is 18.4 Å². The Morgan fingerprint density at radius 2 is 2.00 bits per heavy atom.